The second kappa shape index (κ2) is 6.41. The fourth-order valence-electron chi connectivity index (χ4n) is 2.70. The molecular formula is C15H19FN4O2. The molecule has 1 aliphatic heterocycles. The van der Waals surface area contributed by atoms with Gasteiger partial charge in [-0.2, -0.15) is 4.98 Å². The number of hydrogen-bond acceptors (Lipinski definition) is 6. The van der Waals surface area contributed by atoms with E-state index in [4.69, 9.17) is 9.84 Å². The molecule has 3 rings (SSSR count). The standard InChI is InChI=1S/C15H19FN4O2/c1-22-14-13-11(16)3-2-4-12(13)17-15(18-14)20-7-5-19(6-8-20)9-10-21/h2-4,21H,5-10H2,1H3. The number of halogens is 1. The van der Waals surface area contributed by atoms with E-state index in [1.165, 1.54) is 13.2 Å². The molecule has 1 aromatic carbocycles. The maximum absolute atomic E-state index is 13.9. The summed E-state index contributed by atoms with van der Waals surface area (Å²) in [5, 5.41) is 9.29. The second-order valence-electron chi connectivity index (χ2n) is 5.22. The van der Waals surface area contributed by atoms with E-state index in [0.717, 1.165) is 26.2 Å². The van der Waals surface area contributed by atoms with E-state index >= 15 is 0 Å². The molecule has 0 bridgehead atoms. The quantitative estimate of drug-likeness (QED) is 0.905. The number of nitrogens with zero attached hydrogens (tertiary/aromatic N) is 4. The molecular weight excluding hydrogens is 287 g/mol. The van der Waals surface area contributed by atoms with Gasteiger partial charge >= 0.3 is 0 Å². The van der Waals surface area contributed by atoms with Gasteiger partial charge in [0.25, 0.3) is 0 Å². The number of methoxy groups -OCH3 is 1. The number of anilines is 1. The van der Waals surface area contributed by atoms with E-state index in [1.807, 2.05) is 0 Å². The Labute approximate surface area is 128 Å². The van der Waals surface area contributed by atoms with E-state index in [-0.39, 0.29) is 18.3 Å². The fourth-order valence-corrected chi connectivity index (χ4v) is 2.70. The largest absolute Gasteiger partial charge is 0.480 e. The number of hydrogen-bond donors (Lipinski definition) is 1. The summed E-state index contributed by atoms with van der Waals surface area (Å²) in [6, 6.07) is 4.77. The molecule has 6 nitrogen and oxygen atoms in total. The van der Waals surface area contributed by atoms with Crippen molar-refractivity contribution >= 4 is 16.9 Å². The van der Waals surface area contributed by atoms with E-state index in [2.05, 4.69) is 19.8 Å². The van der Waals surface area contributed by atoms with Gasteiger partial charge in [0.1, 0.15) is 5.82 Å². The van der Waals surface area contributed by atoms with E-state index in [1.54, 1.807) is 12.1 Å². The van der Waals surface area contributed by atoms with Crippen molar-refractivity contribution < 1.29 is 14.2 Å². The van der Waals surface area contributed by atoms with Crippen LogP contribution in [-0.4, -0.2) is 66.4 Å². The number of β-amino-alcohol motifs (C(OH)–C–C–N with tert-alkyl or cyclic N) is 1. The summed E-state index contributed by atoms with van der Waals surface area (Å²) in [7, 11) is 1.48. The summed E-state index contributed by atoms with van der Waals surface area (Å²) in [6.07, 6.45) is 0. The zero-order chi connectivity index (χ0) is 15.5. The third kappa shape index (κ3) is 2.82. The summed E-state index contributed by atoms with van der Waals surface area (Å²) in [5.74, 6) is 0.433. The first kappa shape index (κ1) is 14.9. The van der Waals surface area contributed by atoms with Gasteiger partial charge in [-0.25, -0.2) is 9.37 Å². The molecule has 0 unspecified atom stereocenters. The molecule has 1 saturated heterocycles. The number of benzene rings is 1. The maximum atomic E-state index is 13.9. The van der Waals surface area contributed by atoms with Gasteiger partial charge < -0.3 is 14.7 Å². The second-order valence-corrected chi connectivity index (χ2v) is 5.22. The van der Waals surface area contributed by atoms with Gasteiger partial charge in [-0.1, -0.05) is 6.07 Å². The van der Waals surface area contributed by atoms with Crippen molar-refractivity contribution in [3.63, 3.8) is 0 Å². The number of rotatable bonds is 4. The Hall–Kier alpha value is -1.99. The first-order chi connectivity index (χ1) is 10.7. The highest BCUT2D eigenvalue weighted by Crippen LogP contribution is 2.27. The van der Waals surface area contributed by atoms with Crippen LogP contribution in [0, 0.1) is 5.82 Å². The lowest BCUT2D eigenvalue weighted by Crippen LogP contribution is -2.47. The van der Waals surface area contributed by atoms with Crippen LogP contribution in [0.15, 0.2) is 18.2 Å². The number of aromatic nitrogens is 2. The fraction of sp³-hybridized carbons (Fsp3) is 0.467. The lowest BCUT2D eigenvalue weighted by molar-refractivity contribution is 0.188. The Morgan fingerprint density at radius 2 is 2.00 bits per heavy atom. The summed E-state index contributed by atoms with van der Waals surface area (Å²) in [5.41, 5.74) is 0.541. The number of piperazine rings is 1. The predicted molar refractivity (Wildman–Crippen MR) is 81.8 cm³/mol. The van der Waals surface area contributed by atoms with Crippen LogP contribution in [0.2, 0.25) is 0 Å². The van der Waals surface area contributed by atoms with E-state index in [9.17, 15) is 4.39 Å². The molecule has 22 heavy (non-hydrogen) atoms. The topological polar surface area (TPSA) is 61.7 Å². The zero-order valence-corrected chi connectivity index (χ0v) is 12.5. The minimum absolute atomic E-state index is 0.166. The van der Waals surface area contributed by atoms with Crippen molar-refractivity contribution in [3.05, 3.63) is 24.0 Å². The number of aliphatic hydroxyl groups is 1. The van der Waals surface area contributed by atoms with E-state index < -0.39 is 0 Å². The Morgan fingerprint density at radius 3 is 2.68 bits per heavy atom. The van der Waals surface area contributed by atoms with Crippen LogP contribution in [0.3, 0.4) is 0 Å². The average molecular weight is 306 g/mol. The Balaban J connectivity index is 1.89. The Kier molecular flexibility index (Phi) is 4.35. The van der Waals surface area contributed by atoms with Gasteiger partial charge in [-0.15, -0.1) is 0 Å². The minimum Gasteiger partial charge on any atom is -0.480 e. The molecule has 0 saturated carbocycles. The van der Waals surface area contributed by atoms with Gasteiger partial charge in [0.2, 0.25) is 11.8 Å². The molecule has 2 heterocycles. The van der Waals surface area contributed by atoms with Gasteiger partial charge in [-0.05, 0) is 12.1 Å². The highest BCUT2D eigenvalue weighted by Gasteiger charge is 2.21. The number of ether oxygens (including phenoxy) is 1. The summed E-state index contributed by atoms with van der Waals surface area (Å²) < 4.78 is 19.2. The molecule has 0 radical (unpaired) electrons. The Morgan fingerprint density at radius 1 is 1.23 bits per heavy atom. The van der Waals surface area contributed by atoms with Crippen LogP contribution in [0.5, 0.6) is 5.88 Å². The van der Waals surface area contributed by atoms with Crippen LogP contribution in [-0.2, 0) is 0 Å². The molecule has 7 heteroatoms. The predicted octanol–water partition coefficient (Wildman–Crippen LogP) is 0.892. The Bertz CT molecular complexity index is 659. The van der Waals surface area contributed by atoms with Crippen LogP contribution in [0.4, 0.5) is 10.3 Å². The average Bonchev–Trinajstić information content (AvgIpc) is 2.55. The van der Waals surface area contributed by atoms with Crippen molar-refractivity contribution in [1.29, 1.82) is 0 Å². The smallest absolute Gasteiger partial charge is 0.229 e. The molecule has 1 aromatic heterocycles. The molecule has 0 spiro atoms. The van der Waals surface area contributed by atoms with Crippen LogP contribution in [0.25, 0.3) is 10.9 Å². The molecule has 0 atom stereocenters. The van der Waals surface area contributed by atoms with Gasteiger partial charge in [0.05, 0.1) is 24.6 Å². The highest BCUT2D eigenvalue weighted by molar-refractivity contribution is 5.85. The van der Waals surface area contributed by atoms with Gasteiger partial charge in [0, 0.05) is 32.7 Å². The third-order valence-corrected chi connectivity index (χ3v) is 3.89. The van der Waals surface area contributed by atoms with Crippen LogP contribution < -0.4 is 9.64 Å². The molecule has 1 N–H and O–H groups in total. The van der Waals surface area contributed by atoms with Crippen LogP contribution in [0.1, 0.15) is 0 Å². The van der Waals surface area contributed by atoms with Crippen LogP contribution >= 0.6 is 0 Å². The van der Waals surface area contributed by atoms with Gasteiger partial charge in [0.15, 0.2) is 0 Å². The molecule has 0 amide bonds. The SMILES string of the molecule is COc1nc(N2CCN(CCO)CC2)nc2cccc(F)c12. The maximum Gasteiger partial charge on any atom is 0.229 e. The summed E-state index contributed by atoms with van der Waals surface area (Å²) >= 11 is 0. The number of aliphatic hydroxyl groups excluding tert-OH is 1. The molecule has 1 fully saturated rings. The highest BCUT2D eigenvalue weighted by atomic mass is 19.1. The molecule has 118 valence electrons. The lowest BCUT2D eigenvalue weighted by atomic mass is 10.2. The summed E-state index contributed by atoms with van der Waals surface area (Å²) in [4.78, 5) is 13.1. The number of fused-ring (bicyclic) bond motifs is 1. The minimum atomic E-state index is -0.381. The van der Waals surface area contributed by atoms with Crippen molar-refractivity contribution in [2.75, 3.05) is 51.3 Å². The first-order valence-electron chi connectivity index (χ1n) is 7.31. The monoisotopic (exact) mass is 306 g/mol. The van der Waals surface area contributed by atoms with E-state index in [0.29, 0.717) is 23.4 Å². The summed E-state index contributed by atoms with van der Waals surface area (Å²) in [6.45, 7) is 4.06. The zero-order valence-electron chi connectivity index (χ0n) is 12.5. The van der Waals surface area contributed by atoms with Crippen molar-refractivity contribution in [2.45, 2.75) is 0 Å². The van der Waals surface area contributed by atoms with Gasteiger partial charge in [-0.3, -0.25) is 4.90 Å². The normalized spacial score (nSPS) is 16.2. The van der Waals surface area contributed by atoms with Crippen molar-refractivity contribution in [2.24, 2.45) is 0 Å². The molecule has 2 aromatic rings. The molecule has 1 aliphatic rings. The molecule has 0 aliphatic carbocycles. The van der Waals surface area contributed by atoms with Crippen molar-refractivity contribution in [3.8, 4) is 5.88 Å². The lowest BCUT2D eigenvalue weighted by Gasteiger charge is -2.34. The van der Waals surface area contributed by atoms with Crippen molar-refractivity contribution in [1.82, 2.24) is 14.9 Å². The third-order valence-electron chi connectivity index (χ3n) is 3.89. The first-order valence-corrected chi connectivity index (χ1v) is 7.31.